The molecule has 0 saturated heterocycles. The molecule has 1 saturated carbocycles. The third-order valence-corrected chi connectivity index (χ3v) is 2.65. The minimum absolute atomic E-state index is 0.0292. The van der Waals surface area contributed by atoms with E-state index in [4.69, 9.17) is 4.74 Å². The van der Waals surface area contributed by atoms with Crippen molar-refractivity contribution in [2.24, 2.45) is 11.8 Å². The first kappa shape index (κ1) is 9.56. The van der Waals surface area contributed by atoms with Crippen molar-refractivity contribution in [3.63, 3.8) is 0 Å². The Morgan fingerprint density at radius 2 is 2.25 bits per heavy atom. The fraction of sp³-hybridized carbons (Fsp3) is 0.900. The normalized spacial score (nSPS) is 19.8. The Balaban J connectivity index is 2.09. The summed E-state index contributed by atoms with van der Waals surface area (Å²) >= 11 is 0. The number of esters is 1. The number of ether oxygens (including phenoxy) is 1. The van der Waals surface area contributed by atoms with Gasteiger partial charge in [-0.1, -0.05) is 26.7 Å². The molecular formula is C10H18O2. The summed E-state index contributed by atoms with van der Waals surface area (Å²) in [6.07, 6.45) is 4.36. The van der Waals surface area contributed by atoms with E-state index in [9.17, 15) is 4.79 Å². The molecule has 1 rings (SSSR count). The van der Waals surface area contributed by atoms with Crippen molar-refractivity contribution in [2.75, 3.05) is 6.61 Å². The van der Waals surface area contributed by atoms with Crippen LogP contribution in [0, 0.1) is 11.8 Å². The highest BCUT2D eigenvalue weighted by Crippen LogP contribution is 2.27. The summed E-state index contributed by atoms with van der Waals surface area (Å²) in [5.41, 5.74) is 0. The maximum absolute atomic E-state index is 11.2. The van der Waals surface area contributed by atoms with E-state index in [2.05, 4.69) is 13.8 Å². The Kier molecular flexibility index (Phi) is 3.57. The van der Waals surface area contributed by atoms with Crippen molar-refractivity contribution < 1.29 is 9.53 Å². The van der Waals surface area contributed by atoms with Crippen LogP contribution in [0.5, 0.6) is 0 Å². The van der Waals surface area contributed by atoms with Gasteiger partial charge in [0, 0.05) is 0 Å². The standard InChI is InChI=1S/C10H18O2/c1-3-8(2)7-12-10(11)9-5-4-6-9/h8-9H,3-7H2,1-2H3. The molecule has 1 aliphatic rings. The lowest BCUT2D eigenvalue weighted by molar-refractivity contribution is -0.152. The fourth-order valence-corrected chi connectivity index (χ4v) is 1.10. The number of hydrogen-bond acceptors (Lipinski definition) is 2. The molecule has 2 nitrogen and oxygen atoms in total. The second-order valence-corrected chi connectivity index (χ2v) is 3.77. The van der Waals surface area contributed by atoms with Crippen molar-refractivity contribution in [3.05, 3.63) is 0 Å². The molecule has 0 aliphatic heterocycles. The van der Waals surface area contributed by atoms with Crippen LogP contribution in [0.2, 0.25) is 0 Å². The summed E-state index contributed by atoms with van der Waals surface area (Å²) in [5, 5.41) is 0. The van der Waals surface area contributed by atoms with E-state index in [1.807, 2.05) is 0 Å². The Bertz CT molecular complexity index is 150. The number of hydrogen-bond donors (Lipinski definition) is 0. The lowest BCUT2D eigenvalue weighted by atomic mass is 9.86. The lowest BCUT2D eigenvalue weighted by Gasteiger charge is -2.23. The van der Waals surface area contributed by atoms with Gasteiger partial charge in [0.2, 0.25) is 0 Å². The zero-order valence-corrected chi connectivity index (χ0v) is 8.01. The van der Waals surface area contributed by atoms with E-state index < -0.39 is 0 Å². The van der Waals surface area contributed by atoms with Gasteiger partial charge in [0.25, 0.3) is 0 Å². The first-order valence-corrected chi connectivity index (χ1v) is 4.90. The van der Waals surface area contributed by atoms with E-state index in [0.29, 0.717) is 12.5 Å². The van der Waals surface area contributed by atoms with E-state index in [0.717, 1.165) is 19.3 Å². The van der Waals surface area contributed by atoms with Crippen LogP contribution >= 0.6 is 0 Å². The molecule has 0 N–H and O–H groups in total. The predicted octanol–water partition coefficient (Wildman–Crippen LogP) is 2.38. The van der Waals surface area contributed by atoms with E-state index in [-0.39, 0.29) is 11.9 Å². The van der Waals surface area contributed by atoms with Gasteiger partial charge >= 0.3 is 5.97 Å². The summed E-state index contributed by atoms with van der Waals surface area (Å²) in [6, 6.07) is 0. The molecule has 12 heavy (non-hydrogen) atoms. The van der Waals surface area contributed by atoms with Crippen molar-refractivity contribution in [1.82, 2.24) is 0 Å². The Morgan fingerprint density at radius 1 is 1.58 bits per heavy atom. The van der Waals surface area contributed by atoms with Gasteiger partial charge < -0.3 is 4.74 Å². The smallest absolute Gasteiger partial charge is 0.308 e. The largest absolute Gasteiger partial charge is 0.465 e. The first-order valence-electron chi connectivity index (χ1n) is 4.90. The summed E-state index contributed by atoms with van der Waals surface area (Å²) in [5.74, 6) is 0.768. The van der Waals surface area contributed by atoms with Gasteiger partial charge in [-0.05, 0) is 18.8 Å². The number of carbonyl (C=O) groups is 1. The van der Waals surface area contributed by atoms with Gasteiger partial charge in [-0.2, -0.15) is 0 Å². The highest BCUT2D eigenvalue weighted by molar-refractivity contribution is 5.73. The monoisotopic (exact) mass is 170 g/mol. The molecule has 0 radical (unpaired) electrons. The molecule has 0 aromatic heterocycles. The molecule has 0 amide bonds. The topological polar surface area (TPSA) is 26.3 Å². The van der Waals surface area contributed by atoms with Gasteiger partial charge in [-0.25, -0.2) is 0 Å². The van der Waals surface area contributed by atoms with Gasteiger partial charge in [-0.15, -0.1) is 0 Å². The quantitative estimate of drug-likeness (QED) is 0.605. The van der Waals surface area contributed by atoms with Crippen LogP contribution in [-0.2, 0) is 9.53 Å². The zero-order chi connectivity index (χ0) is 8.97. The van der Waals surface area contributed by atoms with Gasteiger partial charge in [-0.3, -0.25) is 4.79 Å². The maximum atomic E-state index is 11.2. The van der Waals surface area contributed by atoms with Crippen LogP contribution in [0.1, 0.15) is 39.5 Å². The van der Waals surface area contributed by atoms with E-state index in [1.165, 1.54) is 6.42 Å². The molecule has 70 valence electrons. The summed E-state index contributed by atoms with van der Waals surface area (Å²) in [6.45, 7) is 4.82. The van der Waals surface area contributed by atoms with Crippen LogP contribution in [0.3, 0.4) is 0 Å². The van der Waals surface area contributed by atoms with Crippen LogP contribution < -0.4 is 0 Å². The molecule has 1 fully saturated rings. The molecule has 1 atom stereocenters. The van der Waals surface area contributed by atoms with Crippen LogP contribution in [0.25, 0.3) is 0 Å². The fourth-order valence-electron chi connectivity index (χ4n) is 1.10. The molecule has 1 aliphatic carbocycles. The average Bonchev–Trinajstić information content (AvgIpc) is 1.97. The predicted molar refractivity (Wildman–Crippen MR) is 47.8 cm³/mol. The molecule has 2 heteroatoms. The summed E-state index contributed by atoms with van der Waals surface area (Å²) in [7, 11) is 0. The van der Waals surface area contributed by atoms with Crippen LogP contribution in [-0.4, -0.2) is 12.6 Å². The van der Waals surface area contributed by atoms with E-state index in [1.54, 1.807) is 0 Å². The maximum Gasteiger partial charge on any atom is 0.308 e. The Hall–Kier alpha value is -0.530. The highest BCUT2D eigenvalue weighted by Gasteiger charge is 2.26. The first-order chi connectivity index (χ1) is 5.74. The number of rotatable bonds is 4. The van der Waals surface area contributed by atoms with Crippen molar-refractivity contribution in [1.29, 1.82) is 0 Å². The van der Waals surface area contributed by atoms with Gasteiger partial charge in [0.05, 0.1) is 12.5 Å². The molecule has 0 aromatic rings. The van der Waals surface area contributed by atoms with Gasteiger partial charge in [0.1, 0.15) is 0 Å². The molecule has 0 spiro atoms. The number of carbonyl (C=O) groups excluding carboxylic acids is 1. The zero-order valence-electron chi connectivity index (χ0n) is 8.01. The minimum atomic E-state index is 0.0292. The van der Waals surface area contributed by atoms with Crippen LogP contribution in [0.15, 0.2) is 0 Å². The third kappa shape index (κ3) is 2.50. The molecule has 1 unspecified atom stereocenters. The SMILES string of the molecule is CCC(C)COC(=O)C1CCC1. The van der Waals surface area contributed by atoms with Gasteiger partial charge in [0.15, 0.2) is 0 Å². The van der Waals surface area contributed by atoms with Crippen molar-refractivity contribution in [3.8, 4) is 0 Å². The third-order valence-electron chi connectivity index (χ3n) is 2.65. The minimum Gasteiger partial charge on any atom is -0.465 e. The molecule has 0 heterocycles. The highest BCUT2D eigenvalue weighted by atomic mass is 16.5. The second kappa shape index (κ2) is 4.48. The molecular weight excluding hydrogens is 152 g/mol. The average molecular weight is 170 g/mol. The Morgan fingerprint density at radius 3 is 2.67 bits per heavy atom. The second-order valence-electron chi connectivity index (χ2n) is 3.77. The Labute approximate surface area is 74.3 Å². The molecule has 0 aromatic carbocycles. The summed E-state index contributed by atoms with van der Waals surface area (Å²) < 4.78 is 5.16. The van der Waals surface area contributed by atoms with Crippen LogP contribution in [0.4, 0.5) is 0 Å². The van der Waals surface area contributed by atoms with E-state index >= 15 is 0 Å². The van der Waals surface area contributed by atoms with Crippen molar-refractivity contribution >= 4 is 5.97 Å². The lowest BCUT2D eigenvalue weighted by Crippen LogP contribution is -2.25. The summed E-state index contributed by atoms with van der Waals surface area (Å²) in [4.78, 5) is 11.2. The molecule has 0 bridgehead atoms. The van der Waals surface area contributed by atoms with Crippen molar-refractivity contribution in [2.45, 2.75) is 39.5 Å².